The lowest BCUT2D eigenvalue weighted by molar-refractivity contribution is -0.665. The number of aryl methyl sites for hydroxylation is 2. The van der Waals surface area contributed by atoms with Crippen LogP contribution in [-0.4, -0.2) is 0 Å². The average molecular weight is 366 g/mol. The van der Waals surface area contributed by atoms with Gasteiger partial charge in [0.25, 0.3) is 0 Å². The van der Waals surface area contributed by atoms with Gasteiger partial charge in [0.1, 0.15) is 12.9 Å². The standard InChI is InChI=1S/C25H31FN/c1-8-19(9-2)22-13-20-12-17(5)27(7)25(23(20)14-24(22)26)21-11-15(3)10-16(4)18(21)6/h10-14,19H,8-9H2,1-7H3/q+1/i12D. The molecule has 0 saturated heterocycles. The van der Waals surface area contributed by atoms with Gasteiger partial charge in [-0.15, -0.1) is 0 Å². The molecule has 0 atom stereocenters. The smallest absolute Gasteiger partial charge is 0.207 e. The van der Waals surface area contributed by atoms with Gasteiger partial charge in [0.05, 0.1) is 12.3 Å². The van der Waals surface area contributed by atoms with Crippen LogP contribution in [0, 0.1) is 33.5 Å². The number of fused-ring (bicyclic) bond motifs is 1. The maximum absolute atomic E-state index is 15.2. The second-order valence-electron chi connectivity index (χ2n) is 7.81. The highest BCUT2D eigenvalue weighted by molar-refractivity contribution is 5.94. The van der Waals surface area contributed by atoms with Crippen molar-refractivity contribution in [2.45, 2.75) is 60.3 Å². The van der Waals surface area contributed by atoms with E-state index >= 15 is 4.39 Å². The Labute approximate surface area is 164 Å². The minimum atomic E-state index is -0.160. The third-order valence-electron chi connectivity index (χ3n) is 6.04. The third-order valence-corrected chi connectivity index (χ3v) is 6.04. The Morgan fingerprint density at radius 1 is 1.04 bits per heavy atom. The van der Waals surface area contributed by atoms with Crippen LogP contribution in [0.4, 0.5) is 4.39 Å². The predicted molar refractivity (Wildman–Crippen MR) is 113 cm³/mol. The molecule has 1 aromatic heterocycles. The van der Waals surface area contributed by atoms with Gasteiger partial charge in [0, 0.05) is 13.0 Å². The molecule has 0 unspecified atom stereocenters. The second kappa shape index (κ2) is 7.42. The average Bonchev–Trinajstić information content (AvgIpc) is 2.65. The van der Waals surface area contributed by atoms with Crippen LogP contribution >= 0.6 is 0 Å². The summed E-state index contributed by atoms with van der Waals surface area (Å²) in [7, 11) is 1.98. The van der Waals surface area contributed by atoms with E-state index < -0.39 is 0 Å². The van der Waals surface area contributed by atoms with E-state index in [1.54, 1.807) is 6.07 Å². The van der Waals surface area contributed by atoms with Gasteiger partial charge in [-0.1, -0.05) is 25.5 Å². The molecule has 1 heterocycles. The molecule has 3 rings (SSSR count). The summed E-state index contributed by atoms with van der Waals surface area (Å²) in [4.78, 5) is 0. The zero-order valence-electron chi connectivity index (χ0n) is 18.6. The summed E-state index contributed by atoms with van der Waals surface area (Å²) in [6, 6.07) is 8.42. The molecule has 1 nitrogen and oxygen atoms in total. The monoisotopic (exact) mass is 365 g/mol. The molecule has 2 aromatic carbocycles. The molecule has 27 heavy (non-hydrogen) atoms. The Bertz CT molecular complexity index is 1060. The van der Waals surface area contributed by atoms with E-state index in [1.807, 2.05) is 24.6 Å². The van der Waals surface area contributed by atoms with Gasteiger partial charge >= 0.3 is 0 Å². The van der Waals surface area contributed by atoms with Crippen molar-refractivity contribution in [2.24, 2.45) is 7.05 Å². The number of pyridine rings is 1. The summed E-state index contributed by atoms with van der Waals surface area (Å²) in [5.41, 5.74) is 7.35. The molecule has 0 spiro atoms. The molecular formula is C25H31FN+. The van der Waals surface area contributed by atoms with Crippen LogP contribution in [0.25, 0.3) is 22.0 Å². The van der Waals surface area contributed by atoms with Gasteiger partial charge in [-0.2, -0.15) is 4.57 Å². The number of halogens is 1. The molecule has 0 radical (unpaired) electrons. The highest BCUT2D eigenvalue weighted by atomic mass is 19.1. The maximum Gasteiger partial charge on any atom is 0.220 e. The molecular weight excluding hydrogens is 333 g/mol. The van der Waals surface area contributed by atoms with E-state index in [2.05, 4.69) is 46.8 Å². The van der Waals surface area contributed by atoms with E-state index in [9.17, 15) is 0 Å². The normalized spacial score (nSPS) is 12.1. The minimum Gasteiger partial charge on any atom is -0.207 e. The summed E-state index contributed by atoms with van der Waals surface area (Å²) >= 11 is 0. The quantitative estimate of drug-likeness (QED) is 0.458. The lowest BCUT2D eigenvalue weighted by Crippen LogP contribution is -2.35. The van der Waals surface area contributed by atoms with Gasteiger partial charge < -0.3 is 0 Å². The molecule has 0 N–H and O–H groups in total. The second-order valence-corrected chi connectivity index (χ2v) is 7.81. The molecule has 0 aliphatic carbocycles. The number of hydrogen-bond acceptors (Lipinski definition) is 0. The Kier molecular flexibility index (Phi) is 4.99. The van der Waals surface area contributed by atoms with Gasteiger partial charge in [-0.3, -0.25) is 0 Å². The molecule has 0 amide bonds. The summed E-state index contributed by atoms with van der Waals surface area (Å²) < 4.78 is 25.9. The predicted octanol–water partition coefficient (Wildman–Crippen LogP) is 6.61. The summed E-state index contributed by atoms with van der Waals surface area (Å²) in [6.07, 6.45) is 1.80. The zero-order chi connectivity index (χ0) is 20.7. The third kappa shape index (κ3) is 3.38. The van der Waals surface area contributed by atoms with E-state index in [4.69, 9.17) is 1.37 Å². The fraction of sp³-hybridized carbons (Fsp3) is 0.400. The van der Waals surface area contributed by atoms with E-state index in [-0.39, 0.29) is 11.7 Å². The Balaban J connectivity index is 2.47. The van der Waals surface area contributed by atoms with Crippen LogP contribution in [-0.2, 0) is 7.05 Å². The van der Waals surface area contributed by atoms with Crippen LogP contribution < -0.4 is 4.57 Å². The van der Waals surface area contributed by atoms with Crippen molar-refractivity contribution < 1.29 is 10.3 Å². The van der Waals surface area contributed by atoms with Crippen molar-refractivity contribution in [3.05, 3.63) is 64.1 Å². The van der Waals surface area contributed by atoms with Crippen molar-refractivity contribution in [1.29, 1.82) is 0 Å². The van der Waals surface area contributed by atoms with E-state index in [0.29, 0.717) is 6.04 Å². The molecule has 3 aromatic rings. The molecule has 0 fully saturated rings. The van der Waals surface area contributed by atoms with Gasteiger partial charge in [0.2, 0.25) is 5.69 Å². The van der Waals surface area contributed by atoms with Crippen molar-refractivity contribution in [3.8, 4) is 11.3 Å². The van der Waals surface area contributed by atoms with Crippen LogP contribution in [0.3, 0.4) is 0 Å². The maximum atomic E-state index is 15.2. The molecule has 0 aliphatic heterocycles. The fourth-order valence-electron chi connectivity index (χ4n) is 4.17. The molecule has 142 valence electrons. The first-order valence-corrected chi connectivity index (χ1v) is 9.91. The Hall–Kier alpha value is -2.22. The van der Waals surface area contributed by atoms with Crippen molar-refractivity contribution in [2.75, 3.05) is 0 Å². The lowest BCUT2D eigenvalue weighted by atomic mass is 9.89. The van der Waals surface area contributed by atoms with Gasteiger partial charge in [0.15, 0.2) is 5.69 Å². The van der Waals surface area contributed by atoms with Crippen molar-refractivity contribution >= 4 is 10.8 Å². The van der Waals surface area contributed by atoms with Crippen molar-refractivity contribution in [3.63, 3.8) is 0 Å². The summed E-state index contributed by atoms with van der Waals surface area (Å²) in [5, 5.41) is 1.66. The Morgan fingerprint density at radius 3 is 2.33 bits per heavy atom. The SMILES string of the molecule is [2H]c1c(C)[n+](C)c(-c2cc(C)cc(C)c2C)c2cc(F)c(C(CC)CC)cc12. The van der Waals surface area contributed by atoms with Crippen LogP contribution in [0.2, 0.25) is 0 Å². The number of rotatable bonds is 4. The van der Waals surface area contributed by atoms with E-state index in [0.717, 1.165) is 46.1 Å². The summed E-state index contributed by atoms with van der Waals surface area (Å²) in [6.45, 7) is 12.5. The van der Waals surface area contributed by atoms with Gasteiger partial charge in [-0.05, 0) is 79.8 Å². The summed E-state index contributed by atoms with van der Waals surface area (Å²) in [5.74, 6) is 0.0252. The number of hydrogen-bond donors (Lipinski definition) is 0. The van der Waals surface area contributed by atoms with Gasteiger partial charge in [-0.25, -0.2) is 4.39 Å². The molecule has 0 bridgehead atoms. The lowest BCUT2D eigenvalue weighted by Gasteiger charge is -2.17. The van der Waals surface area contributed by atoms with Crippen LogP contribution in [0.5, 0.6) is 0 Å². The zero-order valence-corrected chi connectivity index (χ0v) is 17.6. The first-order valence-electron chi connectivity index (χ1n) is 10.4. The topological polar surface area (TPSA) is 3.88 Å². The van der Waals surface area contributed by atoms with Crippen LogP contribution in [0.1, 0.15) is 61.9 Å². The first-order chi connectivity index (χ1) is 13.2. The highest BCUT2D eigenvalue weighted by Gasteiger charge is 2.23. The largest absolute Gasteiger partial charge is 0.220 e. The minimum absolute atomic E-state index is 0.160. The number of benzene rings is 2. The molecule has 0 aliphatic rings. The fourth-order valence-corrected chi connectivity index (χ4v) is 4.17. The number of aromatic nitrogens is 1. The van der Waals surface area contributed by atoms with E-state index in [1.165, 1.54) is 16.7 Å². The number of nitrogens with zero attached hydrogens (tertiary/aromatic N) is 1. The first kappa shape index (κ1) is 18.2. The molecule has 0 saturated carbocycles. The van der Waals surface area contributed by atoms with Crippen LogP contribution in [0.15, 0.2) is 30.3 Å². The van der Waals surface area contributed by atoms with Crippen molar-refractivity contribution in [1.82, 2.24) is 0 Å². The Morgan fingerprint density at radius 2 is 1.70 bits per heavy atom. The highest BCUT2D eigenvalue weighted by Crippen LogP contribution is 2.35. The molecule has 2 heteroatoms.